The standard InChI is InChI=1S/C17H17ClN4S/c1-12-5-7-14(8-6-12)20-16-19-9-10-22(16)17(23)21-15-4-2-3-13(18)11-15/h2-8,11H,9-10H2,1H3,(H,19,20)(H,21,23). The SMILES string of the molecule is Cc1ccc(NC2=NCCN2C(=S)Nc2cccc(Cl)c2)cc1. The topological polar surface area (TPSA) is 39.7 Å². The van der Waals surface area contributed by atoms with E-state index in [1.165, 1.54) is 5.56 Å². The Bertz CT molecular complexity index is 743. The number of halogens is 1. The van der Waals surface area contributed by atoms with Gasteiger partial charge in [-0.1, -0.05) is 35.4 Å². The van der Waals surface area contributed by atoms with E-state index in [9.17, 15) is 0 Å². The molecule has 0 unspecified atom stereocenters. The maximum atomic E-state index is 6.00. The third kappa shape index (κ3) is 4.00. The lowest BCUT2D eigenvalue weighted by Crippen LogP contribution is -2.40. The van der Waals surface area contributed by atoms with Crippen molar-refractivity contribution in [3.8, 4) is 0 Å². The predicted octanol–water partition coefficient (Wildman–Crippen LogP) is 4.13. The molecular weight excluding hydrogens is 328 g/mol. The molecule has 0 saturated heterocycles. The number of benzene rings is 2. The van der Waals surface area contributed by atoms with Gasteiger partial charge in [0.25, 0.3) is 0 Å². The van der Waals surface area contributed by atoms with Crippen LogP contribution >= 0.6 is 23.8 Å². The summed E-state index contributed by atoms with van der Waals surface area (Å²) in [5.74, 6) is 0.758. The molecule has 0 bridgehead atoms. The number of aliphatic imine (C=N–C) groups is 1. The van der Waals surface area contributed by atoms with Crippen LogP contribution in [0.2, 0.25) is 5.02 Å². The minimum Gasteiger partial charge on any atom is -0.332 e. The second-order valence-electron chi connectivity index (χ2n) is 5.29. The number of nitrogens with zero attached hydrogens (tertiary/aromatic N) is 2. The van der Waals surface area contributed by atoms with Crippen molar-refractivity contribution in [2.45, 2.75) is 6.92 Å². The Morgan fingerprint density at radius 1 is 1.17 bits per heavy atom. The first-order valence-corrected chi connectivity index (χ1v) is 8.13. The zero-order valence-electron chi connectivity index (χ0n) is 12.7. The maximum absolute atomic E-state index is 6.00. The number of nitrogens with one attached hydrogen (secondary N) is 2. The Hall–Kier alpha value is -2.11. The fourth-order valence-corrected chi connectivity index (χ4v) is 2.76. The summed E-state index contributed by atoms with van der Waals surface area (Å²) < 4.78 is 0. The van der Waals surface area contributed by atoms with Crippen LogP contribution in [0.1, 0.15) is 5.56 Å². The molecule has 6 heteroatoms. The lowest BCUT2D eigenvalue weighted by Gasteiger charge is -2.22. The van der Waals surface area contributed by atoms with Crippen LogP contribution in [0.5, 0.6) is 0 Å². The molecule has 0 atom stereocenters. The van der Waals surface area contributed by atoms with Crippen molar-refractivity contribution in [2.75, 3.05) is 23.7 Å². The number of guanidine groups is 1. The van der Waals surface area contributed by atoms with E-state index in [-0.39, 0.29) is 0 Å². The molecule has 0 aliphatic carbocycles. The van der Waals surface area contributed by atoms with Gasteiger partial charge in [0, 0.05) is 22.9 Å². The van der Waals surface area contributed by atoms with E-state index in [0.717, 1.165) is 23.9 Å². The number of thiocarbonyl (C=S) groups is 1. The molecule has 0 amide bonds. The van der Waals surface area contributed by atoms with Crippen LogP contribution in [0.4, 0.5) is 11.4 Å². The van der Waals surface area contributed by atoms with E-state index in [2.05, 4.69) is 34.7 Å². The van der Waals surface area contributed by atoms with E-state index >= 15 is 0 Å². The average Bonchev–Trinajstić information content (AvgIpc) is 2.98. The second-order valence-corrected chi connectivity index (χ2v) is 6.11. The van der Waals surface area contributed by atoms with Gasteiger partial charge in [-0.25, -0.2) is 0 Å². The van der Waals surface area contributed by atoms with Crippen LogP contribution in [0, 0.1) is 6.92 Å². The van der Waals surface area contributed by atoms with Gasteiger partial charge in [-0.3, -0.25) is 9.89 Å². The van der Waals surface area contributed by atoms with Crippen molar-refractivity contribution in [3.05, 3.63) is 59.1 Å². The van der Waals surface area contributed by atoms with Gasteiger partial charge < -0.3 is 10.6 Å². The molecule has 1 heterocycles. The monoisotopic (exact) mass is 344 g/mol. The predicted molar refractivity (Wildman–Crippen MR) is 101 cm³/mol. The summed E-state index contributed by atoms with van der Waals surface area (Å²) in [6, 6.07) is 15.7. The Morgan fingerprint density at radius 3 is 2.70 bits per heavy atom. The Balaban J connectivity index is 1.68. The molecular formula is C17H17ClN4S. The summed E-state index contributed by atoms with van der Waals surface area (Å²) in [6.07, 6.45) is 0. The highest BCUT2D eigenvalue weighted by Gasteiger charge is 2.21. The molecule has 1 aliphatic heterocycles. The lowest BCUT2D eigenvalue weighted by molar-refractivity contribution is 0.674. The third-order valence-corrected chi connectivity index (χ3v) is 4.03. The number of rotatable bonds is 2. The number of anilines is 2. The van der Waals surface area contributed by atoms with Crippen LogP contribution < -0.4 is 10.6 Å². The molecule has 118 valence electrons. The van der Waals surface area contributed by atoms with Gasteiger partial charge in [0.2, 0.25) is 5.96 Å². The highest BCUT2D eigenvalue weighted by Crippen LogP contribution is 2.17. The van der Waals surface area contributed by atoms with Crippen LogP contribution in [-0.2, 0) is 0 Å². The fourth-order valence-electron chi connectivity index (χ4n) is 2.28. The van der Waals surface area contributed by atoms with E-state index in [1.807, 2.05) is 41.3 Å². The minimum atomic E-state index is 0.600. The average molecular weight is 345 g/mol. The first kappa shape index (κ1) is 15.8. The molecule has 4 nitrogen and oxygen atoms in total. The van der Waals surface area contributed by atoms with Crippen molar-refractivity contribution < 1.29 is 0 Å². The molecule has 1 aliphatic rings. The first-order valence-electron chi connectivity index (χ1n) is 7.34. The molecule has 2 aromatic carbocycles. The number of hydrogen-bond acceptors (Lipinski definition) is 3. The summed E-state index contributed by atoms with van der Waals surface area (Å²) in [5, 5.41) is 7.79. The van der Waals surface area contributed by atoms with E-state index in [1.54, 1.807) is 0 Å². The Kier molecular flexibility index (Phi) is 4.79. The lowest BCUT2D eigenvalue weighted by atomic mass is 10.2. The normalized spacial score (nSPS) is 13.7. The zero-order valence-corrected chi connectivity index (χ0v) is 14.3. The molecule has 0 saturated carbocycles. The summed E-state index contributed by atoms with van der Waals surface area (Å²) >= 11 is 11.5. The van der Waals surface area contributed by atoms with Crippen LogP contribution in [0.3, 0.4) is 0 Å². The molecule has 0 radical (unpaired) electrons. The first-order chi connectivity index (χ1) is 11.1. The molecule has 0 fully saturated rings. The smallest absolute Gasteiger partial charge is 0.204 e. The molecule has 3 rings (SSSR count). The van der Waals surface area contributed by atoms with Gasteiger partial charge in [0.15, 0.2) is 5.11 Å². The fraction of sp³-hybridized carbons (Fsp3) is 0.176. The quantitative estimate of drug-likeness (QED) is 0.804. The third-order valence-electron chi connectivity index (χ3n) is 3.47. The molecule has 23 heavy (non-hydrogen) atoms. The van der Waals surface area contributed by atoms with Crippen molar-refractivity contribution in [2.24, 2.45) is 4.99 Å². The zero-order chi connectivity index (χ0) is 16.2. The second kappa shape index (κ2) is 6.98. The molecule has 0 spiro atoms. The molecule has 2 N–H and O–H groups in total. The largest absolute Gasteiger partial charge is 0.332 e. The highest BCUT2D eigenvalue weighted by atomic mass is 35.5. The van der Waals surface area contributed by atoms with Gasteiger partial charge in [-0.15, -0.1) is 0 Å². The minimum absolute atomic E-state index is 0.600. The highest BCUT2D eigenvalue weighted by molar-refractivity contribution is 7.80. The van der Waals surface area contributed by atoms with E-state index in [0.29, 0.717) is 16.7 Å². The van der Waals surface area contributed by atoms with Crippen molar-refractivity contribution >= 4 is 46.3 Å². The van der Waals surface area contributed by atoms with Gasteiger partial charge in [-0.2, -0.15) is 0 Å². The van der Waals surface area contributed by atoms with E-state index in [4.69, 9.17) is 23.8 Å². The molecule has 2 aromatic rings. The van der Waals surface area contributed by atoms with Crippen molar-refractivity contribution in [1.82, 2.24) is 4.90 Å². The van der Waals surface area contributed by atoms with Crippen LogP contribution in [0.25, 0.3) is 0 Å². The number of aryl methyl sites for hydroxylation is 1. The van der Waals surface area contributed by atoms with Crippen molar-refractivity contribution in [1.29, 1.82) is 0 Å². The van der Waals surface area contributed by atoms with Gasteiger partial charge in [-0.05, 0) is 49.5 Å². The van der Waals surface area contributed by atoms with Crippen molar-refractivity contribution in [3.63, 3.8) is 0 Å². The van der Waals surface area contributed by atoms with Crippen LogP contribution in [-0.4, -0.2) is 29.1 Å². The Labute approximate surface area is 146 Å². The summed E-state index contributed by atoms with van der Waals surface area (Å²) in [4.78, 5) is 6.45. The maximum Gasteiger partial charge on any atom is 0.204 e. The van der Waals surface area contributed by atoms with E-state index < -0.39 is 0 Å². The summed E-state index contributed by atoms with van der Waals surface area (Å²) in [7, 11) is 0. The Morgan fingerprint density at radius 2 is 1.96 bits per heavy atom. The van der Waals surface area contributed by atoms with Crippen LogP contribution in [0.15, 0.2) is 53.5 Å². The van der Waals surface area contributed by atoms with Gasteiger partial charge in [0.05, 0.1) is 6.54 Å². The molecule has 0 aromatic heterocycles. The van der Waals surface area contributed by atoms with Gasteiger partial charge in [0.1, 0.15) is 0 Å². The summed E-state index contributed by atoms with van der Waals surface area (Å²) in [6.45, 7) is 3.53. The van der Waals surface area contributed by atoms with Gasteiger partial charge >= 0.3 is 0 Å². The number of hydrogen-bond donors (Lipinski definition) is 2. The summed E-state index contributed by atoms with van der Waals surface area (Å²) in [5.41, 5.74) is 3.08.